The Hall–Kier alpha value is -2.71. The zero-order valence-corrected chi connectivity index (χ0v) is 16.7. The van der Waals surface area contributed by atoms with Crippen LogP contribution in [0.15, 0.2) is 64.2 Å². The summed E-state index contributed by atoms with van der Waals surface area (Å²) in [6.45, 7) is 4.34. The van der Waals surface area contributed by atoms with Crippen LogP contribution in [0.25, 0.3) is 11.5 Å². The molecule has 1 N–H and O–H groups in total. The largest absolute Gasteiger partial charge is 0.411 e. The lowest BCUT2D eigenvalue weighted by molar-refractivity contribution is -0.917. The summed E-state index contributed by atoms with van der Waals surface area (Å²) in [6, 6.07) is 16.7. The number of amides is 1. The number of hydrogen-bond donors (Lipinski definition) is 1. The third-order valence-corrected chi connectivity index (χ3v) is 5.75. The summed E-state index contributed by atoms with van der Waals surface area (Å²) in [6.07, 6.45) is 0. The Bertz CT molecular complexity index is 958. The molecule has 150 valence electrons. The number of rotatable bonds is 6. The molecule has 0 aliphatic carbocycles. The van der Waals surface area contributed by atoms with Crippen molar-refractivity contribution in [2.75, 3.05) is 31.9 Å². The fraction of sp³-hybridized carbons (Fsp3) is 0.286. The summed E-state index contributed by atoms with van der Waals surface area (Å²) in [5.74, 6) is -0.0114. The highest BCUT2D eigenvalue weighted by atomic mass is 32.2. The van der Waals surface area contributed by atoms with E-state index in [1.165, 1.54) is 28.3 Å². The molecule has 1 aliphatic rings. The van der Waals surface area contributed by atoms with Crippen LogP contribution in [0.2, 0.25) is 0 Å². The number of piperazine rings is 1. The van der Waals surface area contributed by atoms with Crippen LogP contribution >= 0.6 is 11.8 Å². The van der Waals surface area contributed by atoms with Crippen molar-refractivity contribution >= 4 is 17.7 Å². The van der Waals surface area contributed by atoms with Gasteiger partial charge in [0.15, 0.2) is 0 Å². The minimum absolute atomic E-state index is 0.0550. The van der Waals surface area contributed by atoms with Crippen LogP contribution in [0.5, 0.6) is 0 Å². The van der Waals surface area contributed by atoms with Crippen molar-refractivity contribution in [3.8, 4) is 11.5 Å². The van der Waals surface area contributed by atoms with E-state index in [9.17, 15) is 9.18 Å². The second kappa shape index (κ2) is 9.19. The van der Waals surface area contributed by atoms with Crippen molar-refractivity contribution in [1.29, 1.82) is 0 Å². The quantitative estimate of drug-likeness (QED) is 0.626. The molecule has 2 aromatic carbocycles. The Kier molecular flexibility index (Phi) is 6.21. The topological polar surface area (TPSA) is 63.7 Å². The van der Waals surface area contributed by atoms with E-state index in [-0.39, 0.29) is 28.3 Å². The van der Waals surface area contributed by atoms with E-state index in [2.05, 4.69) is 34.5 Å². The monoisotopic (exact) mass is 413 g/mol. The second-order valence-electron chi connectivity index (χ2n) is 6.93. The first-order valence-electron chi connectivity index (χ1n) is 9.55. The van der Waals surface area contributed by atoms with Crippen molar-refractivity contribution < 1.29 is 18.5 Å². The Labute approximate surface area is 172 Å². The minimum Gasteiger partial charge on any atom is -0.411 e. The predicted molar refractivity (Wildman–Crippen MR) is 108 cm³/mol. The minimum atomic E-state index is -0.417. The van der Waals surface area contributed by atoms with E-state index in [1.54, 1.807) is 18.2 Å². The molecule has 0 atom stereocenters. The number of quaternary nitrogens is 1. The summed E-state index contributed by atoms with van der Waals surface area (Å²) < 4.78 is 19.3. The number of nitrogens with zero attached hydrogens (tertiary/aromatic N) is 3. The number of carbonyl (C=O) groups excluding carboxylic acids is 1. The molecular formula is C21H22FN4O2S+. The molecule has 8 heteroatoms. The standard InChI is InChI=1S/C21H21FN4O2S/c22-18-9-5-4-8-17(18)20-23-24-21(28-20)29-15-19(27)26-12-10-25(11-13-26)14-16-6-2-1-3-7-16/h1-9H,10-15H2/p+1. The van der Waals surface area contributed by atoms with Gasteiger partial charge in [0, 0.05) is 5.56 Å². The molecule has 1 aromatic heterocycles. The lowest BCUT2D eigenvalue weighted by Gasteiger charge is -2.32. The van der Waals surface area contributed by atoms with Gasteiger partial charge in [-0.1, -0.05) is 54.2 Å². The third kappa shape index (κ3) is 5.02. The summed E-state index contributed by atoms with van der Waals surface area (Å²) in [7, 11) is 0. The first kappa shape index (κ1) is 19.6. The molecule has 6 nitrogen and oxygen atoms in total. The van der Waals surface area contributed by atoms with Gasteiger partial charge < -0.3 is 14.2 Å². The van der Waals surface area contributed by atoms with E-state index in [4.69, 9.17) is 4.42 Å². The number of halogens is 1. The molecule has 1 aliphatic heterocycles. The number of nitrogens with one attached hydrogen (secondary N) is 1. The zero-order chi connectivity index (χ0) is 20.1. The summed E-state index contributed by atoms with van der Waals surface area (Å²) >= 11 is 1.19. The fourth-order valence-electron chi connectivity index (χ4n) is 3.36. The van der Waals surface area contributed by atoms with Gasteiger partial charge in [-0.05, 0) is 12.1 Å². The van der Waals surface area contributed by atoms with Crippen LogP contribution < -0.4 is 4.90 Å². The lowest BCUT2D eigenvalue weighted by Crippen LogP contribution is -3.13. The van der Waals surface area contributed by atoms with Crippen molar-refractivity contribution in [3.05, 3.63) is 66.0 Å². The van der Waals surface area contributed by atoms with Crippen LogP contribution in [0.1, 0.15) is 5.56 Å². The van der Waals surface area contributed by atoms with E-state index in [0.29, 0.717) is 0 Å². The van der Waals surface area contributed by atoms with Gasteiger partial charge >= 0.3 is 0 Å². The van der Waals surface area contributed by atoms with Gasteiger partial charge in [-0.2, -0.15) is 0 Å². The molecule has 29 heavy (non-hydrogen) atoms. The van der Waals surface area contributed by atoms with Crippen molar-refractivity contribution in [2.45, 2.75) is 11.8 Å². The van der Waals surface area contributed by atoms with Crippen LogP contribution in [-0.4, -0.2) is 52.9 Å². The highest BCUT2D eigenvalue weighted by Crippen LogP contribution is 2.25. The molecule has 1 amide bonds. The predicted octanol–water partition coefficient (Wildman–Crippen LogP) is 1.90. The van der Waals surface area contributed by atoms with E-state index in [0.717, 1.165) is 32.7 Å². The van der Waals surface area contributed by atoms with Gasteiger partial charge in [0.05, 0.1) is 37.5 Å². The zero-order valence-electron chi connectivity index (χ0n) is 15.9. The lowest BCUT2D eigenvalue weighted by atomic mass is 10.2. The number of hydrogen-bond acceptors (Lipinski definition) is 5. The maximum absolute atomic E-state index is 13.8. The molecule has 0 saturated carbocycles. The van der Waals surface area contributed by atoms with E-state index >= 15 is 0 Å². The first-order valence-corrected chi connectivity index (χ1v) is 10.5. The van der Waals surface area contributed by atoms with Crippen LogP contribution in [-0.2, 0) is 11.3 Å². The van der Waals surface area contributed by atoms with Gasteiger partial charge in [-0.3, -0.25) is 4.79 Å². The summed E-state index contributed by atoms with van der Waals surface area (Å²) in [5.41, 5.74) is 1.58. The van der Waals surface area contributed by atoms with Crippen LogP contribution in [0.3, 0.4) is 0 Å². The fourth-order valence-corrected chi connectivity index (χ4v) is 4.03. The molecule has 0 bridgehead atoms. The van der Waals surface area contributed by atoms with Gasteiger partial charge in [-0.25, -0.2) is 4.39 Å². The second-order valence-corrected chi connectivity index (χ2v) is 7.86. The Morgan fingerprint density at radius 1 is 1.07 bits per heavy atom. The molecule has 1 saturated heterocycles. The molecule has 2 heterocycles. The average molecular weight is 413 g/mol. The molecule has 0 spiro atoms. The molecular weight excluding hydrogens is 391 g/mol. The first-order chi connectivity index (χ1) is 14.2. The smallest absolute Gasteiger partial charge is 0.277 e. The summed E-state index contributed by atoms with van der Waals surface area (Å²) in [5, 5.41) is 8.06. The van der Waals surface area contributed by atoms with Crippen molar-refractivity contribution in [1.82, 2.24) is 15.1 Å². The average Bonchev–Trinajstić information content (AvgIpc) is 3.22. The molecule has 0 unspecified atom stereocenters. The van der Waals surface area contributed by atoms with Crippen LogP contribution in [0.4, 0.5) is 4.39 Å². The number of benzene rings is 2. The Balaban J connectivity index is 1.25. The number of thioether (sulfide) groups is 1. The van der Waals surface area contributed by atoms with Gasteiger partial charge in [-0.15, -0.1) is 10.2 Å². The highest BCUT2D eigenvalue weighted by molar-refractivity contribution is 7.99. The van der Waals surface area contributed by atoms with Gasteiger partial charge in [0.25, 0.3) is 11.1 Å². The summed E-state index contributed by atoms with van der Waals surface area (Å²) in [4.78, 5) is 15.9. The number of carbonyl (C=O) groups is 1. The molecule has 3 aromatic rings. The maximum Gasteiger partial charge on any atom is 0.277 e. The maximum atomic E-state index is 13.8. The Morgan fingerprint density at radius 2 is 1.79 bits per heavy atom. The van der Waals surface area contributed by atoms with Gasteiger partial charge in [0.2, 0.25) is 5.91 Å². The Morgan fingerprint density at radius 3 is 2.55 bits per heavy atom. The van der Waals surface area contributed by atoms with Gasteiger partial charge in [0.1, 0.15) is 12.4 Å². The van der Waals surface area contributed by atoms with Crippen molar-refractivity contribution in [3.63, 3.8) is 0 Å². The third-order valence-electron chi connectivity index (χ3n) is 4.95. The molecule has 1 fully saturated rings. The van der Waals surface area contributed by atoms with Crippen LogP contribution in [0, 0.1) is 5.82 Å². The molecule has 4 rings (SSSR count). The van der Waals surface area contributed by atoms with E-state index in [1.807, 2.05) is 11.0 Å². The SMILES string of the molecule is O=C(CSc1nnc(-c2ccccc2F)o1)N1CC[NH+](Cc2ccccc2)CC1. The van der Waals surface area contributed by atoms with Crippen molar-refractivity contribution in [2.24, 2.45) is 0 Å². The normalized spacial score (nSPS) is 14.9. The van der Waals surface area contributed by atoms with E-state index < -0.39 is 5.82 Å². The highest BCUT2D eigenvalue weighted by Gasteiger charge is 2.24. The molecule has 0 radical (unpaired) electrons. The number of aromatic nitrogens is 2.